The molecule has 12 heteroatoms. The number of hydrogen-bond donors (Lipinski definition) is 2. The topological polar surface area (TPSA) is 154 Å². The highest BCUT2D eigenvalue weighted by Crippen LogP contribution is 2.30. The summed E-state index contributed by atoms with van der Waals surface area (Å²) in [7, 11) is 0. The lowest BCUT2D eigenvalue weighted by atomic mass is 10.1. The number of nitrogens with zero attached hydrogens (tertiary/aromatic N) is 6. The number of pyridine rings is 1. The zero-order valence-corrected chi connectivity index (χ0v) is 21.8. The Kier molecular flexibility index (Phi) is 6.47. The first-order valence-electron chi connectivity index (χ1n) is 12.4. The molecule has 1 unspecified atom stereocenters. The number of carbonyl (C=O) groups excluding carboxylic acids is 2. The van der Waals surface area contributed by atoms with Crippen LogP contribution in [0.25, 0.3) is 28.5 Å². The number of oxazole rings is 1. The molecular weight excluding hydrogens is 488 g/mol. The molecule has 2 amide bonds. The second kappa shape index (κ2) is 9.77. The Morgan fingerprint density at radius 2 is 2.03 bits per heavy atom. The van der Waals surface area contributed by atoms with Gasteiger partial charge in [-0.05, 0) is 52.7 Å². The molecule has 0 bridgehead atoms. The van der Waals surface area contributed by atoms with Gasteiger partial charge in [0.05, 0.1) is 12.2 Å². The second-order valence-corrected chi connectivity index (χ2v) is 10.2. The van der Waals surface area contributed by atoms with Crippen LogP contribution in [-0.2, 0) is 4.74 Å². The SMILES string of the molecule is Cc1cnc2ccc(-c3nc(C(=O)NCC4CCCN4C(=O)OC(C)(C)C)c(N)nc3-c3ncco3)cn12. The maximum atomic E-state index is 13.3. The lowest BCUT2D eigenvalue weighted by molar-refractivity contribution is 0.0225. The monoisotopic (exact) mass is 518 g/mol. The lowest BCUT2D eigenvalue weighted by Crippen LogP contribution is -2.45. The fraction of sp³-hybridized carbons (Fsp3) is 0.385. The van der Waals surface area contributed by atoms with Crippen molar-refractivity contribution >= 4 is 23.5 Å². The summed E-state index contributed by atoms with van der Waals surface area (Å²) < 4.78 is 12.9. The normalized spacial score (nSPS) is 15.7. The smallest absolute Gasteiger partial charge is 0.410 e. The van der Waals surface area contributed by atoms with Crippen molar-refractivity contribution in [3.8, 4) is 22.8 Å². The van der Waals surface area contributed by atoms with Gasteiger partial charge in [-0.1, -0.05) is 0 Å². The molecule has 1 fully saturated rings. The van der Waals surface area contributed by atoms with Crippen LogP contribution in [0.2, 0.25) is 0 Å². The molecule has 0 saturated carbocycles. The summed E-state index contributed by atoms with van der Waals surface area (Å²) >= 11 is 0. The van der Waals surface area contributed by atoms with E-state index >= 15 is 0 Å². The first-order valence-corrected chi connectivity index (χ1v) is 12.4. The highest BCUT2D eigenvalue weighted by Gasteiger charge is 2.33. The second-order valence-electron chi connectivity index (χ2n) is 10.2. The number of anilines is 1. The number of aromatic nitrogens is 5. The van der Waals surface area contributed by atoms with Crippen molar-refractivity contribution in [1.29, 1.82) is 0 Å². The van der Waals surface area contributed by atoms with Crippen molar-refractivity contribution < 1.29 is 18.7 Å². The van der Waals surface area contributed by atoms with Crippen LogP contribution in [0, 0.1) is 6.92 Å². The third-order valence-corrected chi connectivity index (χ3v) is 6.24. The van der Waals surface area contributed by atoms with E-state index < -0.39 is 17.6 Å². The number of hydrogen-bond acceptors (Lipinski definition) is 9. The molecule has 1 saturated heterocycles. The highest BCUT2D eigenvalue weighted by atomic mass is 16.6. The molecule has 3 N–H and O–H groups in total. The highest BCUT2D eigenvalue weighted by molar-refractivity contribution is 5.97. The summed E-state index contributed by atoms with van der Waals surface area (Å²) in [5.74, 6) is -0.326. The van der Waals surface area contributed by atoms with E-state index in [4.69, 9.17) is 14.9 Å². The van der Waals surface area contributed by atoms with Crippen LogP contribution in [0.4, 0.5) is 10.6 Å². The van der Waals surface area contributed by atoms with Gasteiger partial charge in [0.15, 0.2) is 17.2 Å². The third kappa shape index (κ3) is 5.01. The zero-order chi connectivity index (χ0) is 27.0. The Morgan fingerprint density at radius 3 is 2.76 bits per heavy atom. The van der Waals surface area contributed by atoms with E-state index in [0.717, 1.165) is 24.2 Å². The van der Waals surface area contributed by atoms with E-state index in [1.807, 2.05) is 50.4 Å². The number of nitrogens with two attached hydrogens (primary N) is 1. The first-order chi connectivity index (χ1) is 18.1. The zero-order valence-electron chi connectivity index (χ0n) is 21.8. The van der Waals surface area contributed by atoms with Gasteiger partial charge in [-0.25, -0.2) is 24.7 Å². The molecule has 0 aromatic carbocycles. The Bertz CT molecular complexity index is 1490. The fourth-order valence-electron chi connectivity index (χ4n) is 4.45. The molecule has 1 atom stereocenters. The standard InChI is InChI=1S/C26H30N8O4/c1-15-12-29-18-8-7-16(14-34(15)18)19-20(24-28-9-11-37-24)32-22(27)21(31-19)23(35)30-13-17-6-5-10-33(17)25(36)38-26(2,3)4/h7-9,11-12,14,17H,5-6,10,13H2,1-4H3,(H2,27,32)(H,30,35). The average molecular weight is 519 g/mol. The van der Waals surface area contributed by atoms with E-state index in [-0.39, 0.29) is 30.0 Å². The van der Waals surface area contributed by atoms with Crippen molar-refractivity contribution in [3.63, 3.8) is 0 Å². The number of rotatable bonds is 5. The van der Waals surface area contributed by atoms with Gasteiger partial charge in [-0.3, -0.25) is 4.79 Å². The molecule has 0 spiro atoms. The van der Waals surface area contributed by atoms with Crippen LogP contribution in [0.3, 0.4) is 0 Å². The summed E-state index contributed by atoms with van der Waals surface area (Å²) in [5.41, 5.74) is 8.66. The Morgan fingerprint density at radius 1 is 1.21 bits per heavy atom. The molecule has 38 heavy (non-hydrogen) atoms. The first kappa shape index (κ1) is 25.2. The van der Waals surface area contributed by atoms with E-state index in [1.165, 1.54) is 12.5 Å². The number of nitrogen functional groups attached to an aromatic ring is 1. The summed E-state index contributed by atoms with van der Waals surface area (Å²) in [6, 6.07) is 3.50. The molecule has 5 rings (SSSR count). The molecule has 4 aromatic heterocycles. The number of ether oxygens (including phenoxy) is 1. The van der Waals surface area contributed by atoms with Gasteiger partial charge >= 0.3 is 6.09 Å². The van der Waals surface area contributed by atoms with Gasteiger partial charge in [-0.15, -0.1) is 0 Å². The van der Waals surface area contributed by atoms with Gasteiger partial charge in [0.1, 0.15) is 23.2 Å². The van der Waals surface area contributed by atoms with Crippen molar-refractivity contribution in [2.24, 2.45) is 0 Å². The number of nitrogens with one attached hydrogen (secondary N) is 1. The molecule has 5 heterocycles. The maximum Gasteiger partial charge on any atom is 0.410 e. The minimum absolute atomic E-state index is 0.0282. The largest absolute Gasteiger partial charge is 0.444 e. The summed E-state index contributed by atoms with van der Waals surface area (Å²) in [4.78, 5) is 45.2. The number of amides is 2. The minimum atomic E-state index is -0.600. The van der Waals surface area contributed by atoms with Crippen molar-refractivity contribution in [3.05, 3.63) is 48.4 Å². The van der Waals surface area contributed by atoms with E-state index in [9.17, 15) is 9.59 Å². The number of carbonyl (C=O) groups is 2. The van der Waals surface area contributed by atoms with Crippen LogP contribution >= 0.6 is 0 Å². The molecule has 4 aromatic rings. The number of fused-ring (bicyclic) bond motifs is 1. The number of aryl methyl sites for hydroxylation is 1. The van der Waals surface area contributed by atoms with E-state index in [2.05, 4.69) is 25.3 Å². The number of likely N-dealkylation sites (tertiary alicyclic amines) is 1. The predicted octanol–water partition coefficient (Wildman–Crippen LogP) is 3.47. The molecule has 1 aliphatic rings. The van der Waals surface area contributed by atoms with Gasteiger partial charge in [0.2, 0.25) is 5.89 Å². The Labute approximate surface area is 219 Å². The molecule has 0 radical (unpaired) electrons. The van der Waals surface area contributed by atoms with Gasteiger partial charge in [0.25, 0.3) is 5.91 Å². The summed E-state index contributed by atoms with van der Waals surface area (Å²) in [6.45, 7) is 8.22. The maximum absolute atomic E-state index is 13.3. The van der Waals surface area contributed by atoms with Crippen LogP contribution in [0.1, 0.15) is 49.8 Å². The van der Waals surface area contributed by atoms with Crippen LogP contribution < -0.4 is 11.1 Å². The molecule has 0 aliphatic carbocycles. The molecule has 12 nitrogen and oxygen atoms in total. The summed E-state index contributed by atoms with van der Waals surface area (Å²) in [5, 5.41) is 2.87. The number of imidazole rings is 1. The minimum Gasteiger partial charge on any atom is -0.444 e. The van der Waals surface area contributed by atoms with Gasteiger partial charge in [-0.2, -0.15) is 0 Å². The average Bonchev–Trinajstić information content (AvgIpc) is 3.63. The molecular formula is C26H30N8O4. The fourth-order valence-corrected chi connectivity index (χ4v) is 4.45. The van der Waals surface area contributed by atoms with Crippen LogP contribution in [0.5, 0.6) is 0 Å². The summed E-state index contributed by atoms with van der Waals surface area (Å²) in [6.07, 6.45) is 7.74. The third-order valence-electron chi connectivity index (χ3n) is 6.24. The quantitative estimate of drug-likeness (QED) is 0.404. The van der Waals surface area contributed by atoms with Crippen molar-refractivity contribution in [2.45, 2.75) is 52.2 Å². The van der Waals surface area contributed by atoms with Crippen LogP contribution in [0.15, 0.2) is 41.4 Å². The van der Waals surface area contributed by atoms with Crippen molar-refractivity contribution in [2.75, 3.05) is 18.8 Å². The van der Waals surface area contributed by atoms with E-state index in [0.29, 0.717) is 23.5 Å². The Hall–Kier alpha value is -4.48. The molecule has 1 aliphatic heterocycles. The lowest BCUT2D eigenvalue weighted by Gasteiger charge is -2.28. The van der Waals surface area contributed by atoms with E-state index in [1.54, 1.807) is 11.1 Å². The predicted molar refractivity (Wildman–Crippen MR) is 139 cm³/mol. The van der Waals surface area contributed by atoms with Gasteiger partial charge in [0, 0.05) is 36.7 Å². The van der Waals surface area contributed by atoms with Gasteiger partial charge < -0.3 is 29.5 Å². The van der Waals surface area contributed by atoms with Crippen LogP contribution in [-0.4, -0.2) is 66.0 Å². The molecule has 198 valence electrons. The Balaban J connectivity index is 1.43. The van der Waals surface area contributed by atoms with Crippen molar-refractivity contribution in [1.82, 2.24) is 34.6 Å².